The Morgan fingerprint density at radius 1 is 1.32 bits per heavy atom. The Labute approximate surface area is 124 Å². The van der Waals surface area contributed by atoms with Crippen molar-refractivity contribution in [3.63, 3.8) is 0 Å². The lowest BCUT2D eigenvalue weighted by molar-refractivity contribution is 0.00677. The molecule has 19 heavy (non-hydrogen) atoms. The van der Waals surface area contributed by atoms with Crippen molar-refractivity contribution in [1.29, 1.82) is 0 Å². The molecule has 0 saturated heterocycles. The van der Waals surface area contributed by atoms with Crippen molar-refractivity contribution in [1.82, 2.24) is 9.36 Å². The lowest BCUT2D eigenvalue weighted by Crippen LogP contribution is -2.25. The van der Waals surface area contributed by atoms with Gasteiger partial charge in [-0.05, 0) is 67.6 Å². The summed E-state index contributed by atoms with van der Waals surface area (Å²) in [4.78, 5) is 17.5. The lowest BCUT2D eigenvalue weighted by Gasteiger charge is -2.20. The van der Waals surface area contributed by atoms with Gasteiger partial charge >= 0.3 is 5.97 Å². The molecule has 6 heteroatoms. The van der Waals surface area contributed by atoms with Gasteiger partial charge in [-0.1, -0.05) is 0 Å². The first kappa shape index (κ1) is 14.4. The quantitative estimate of drug-likeness (QED) is 0.734. The number of pyridine rings is 1. The van der Waals surface area contributed by atoms with Gasteiger partial charge in [0.05, 0.1) is 11.3 Å². The van der Waals surface area contributed by atoms with E-state index in [4.69, 9.17) is 4.74 Å². The van der Waals surface area contributed by atoms with E-state index in [1.165, 1.54) is 11.5 Å². The molecule has 2 heterocycles. The van der Waals surface area contributed by atoms with Crippen LogP contribution in [0.1, 0.15) is 42.4 Å². The first-order valence-electron chi connectivity index (χ1n) is 5.86. The standard InChI is InChI=1S/C13H15BrN2O2S/c1-6-8(12(17)18-13(3,4)5)7(2)15-11-9(6)10(14)16-19-11/h1-5H3. The van der Waals surface area contributed by atoms with Crippen LogP contribution in [0.2, 0.25) is 0 Å². The van der Waals surface area contributed by atoms with Crippen LogP contribution in [0.4, 0.5) is 0 Å². The third-order valence-electron chi connectivity index (χ3n) is 2.62. The highest BCUT2D eigenvalue weighted by Crippen LogP contribution is 2.32. The first-order chi connectivity index (χ1) is 8.70. The van der Waals surface area contributed by atoms with Crippen LogP contribution in [0.5, 0.6) is 0 Å². The molecule has 0 aliphatic heterocycles. The van der Waals surface area contributed by atoms with Crippen molar-refractivity contribution in [2.75, 3.05) is 0 Å². The Hall–Kier alpha value is -1.01. The van der Waals surface area contributed by atoms with Crippen molar-refractivity contribution in [2.45, 2.75) is 40.2 Å². The van der Waals surface area contributed by atoms with Crippen LogP contribution in [-0.2, 0) is 4.74 Å². The molecule has 0 aliphatic carbocycles. The molecule has 0 bridgehead atoms. The molecule has 0 atom stereocenters. The van der Waals surface area contributed by atoms with Crippen LogP contribution >= 0.6 is 27.5 Å². The molecule has 0 spiro atoms. The highest BCUT2D eigenvalue weighted by atomic mass is 79.9. The summed E-state index contributed by atoms with van der Waals surface area (Å²) in [5.41, 5.74) is 1.55. The van der Waals surface area contributed by atoms with Gasteiger partial charge in [-0.25, -0.2) is 9.78 Å². The van der Waals surface area contributed by atoms with Crippen molar-refractivity contribution >= 4 is 43.6 Å². The van der Waals surface area contributed by atoms with E-state index in [2.05, 4.69) is 25.3 Å². The third kappa shape index (κ3) is 2.79. The fraction of sp³-hybridized carbons (Fsp3) is 0.462. The van der Waals surface area contributed by atoms with E-state index < -0.39 is 5.60 Å². The summed E-state index contributed by atoms with van der Waals surface area (Å²) in [6.45, 7) is 9.27. The predicted molar refractivity (Wildman–Crippen MR) is 79.8 cm³/mol. The molecule has 0 radical (unpaired) electrons. The van der Waals surface area contributed by atoms with E-state index in [0.29, 0.717) is 11.3 Å². The highest BCUT2D eigenvalue weighted by Gasteiger charge is 2.24. The van der Waals surface area contributed by atoms with Crippen LogP contribution in [-0.4, -0.2) is 20.9 Å². The van der Waals surface area contributed by atoms with Gasteiger partial charge in [-0.15, -0.1) is 0 Å². The molecule has 0 N–H and O–H groups in total. The van der Waals surface area contributed by atoms with E-state index >= 15 is 0 Å². The number of aryl methyl sites for hydroxylation is 2. The van der Waals surface area contributed by atoms with Crippen molar-refractivity contribution < 1.29 is 9.53 Å². The predicted octanol–water partition coefficient (Wildman–Crippen LogP) is 4.03. The van der Waals surface area contributed by atoms with Gasteiger partial charge in [-0.2, -0.15) is 4.37 Å². The molecular weight excluding hydrogens is 328 g/mol. The molecule has 0 aromatic carbocycles. The van der Waals surface area contributed by atoms with Gasteiger partial charge < -0.3 is 4.74 Å². The molecule has 0 saturated carbocycles. The number of hydrogen-bond donors (Lipinski definition) is 0. The molecule has 0 amide bonds. The average Bonchev–Trinajstić information content (AvgIpc) is 2.57. The smallest absolute Gasteiger partial charge is 0.340 e. The molecule has 2 rings (SSSR count). The number of rotatable bonds is 1. The number of carbonyl (C=O) groups excluding carboxylic acids is 1. The zero-order chi connectivity index (χ0) is 14.4. The van der Waals surface area contributed by atoms with Crippen molar-refractivity contribution in [3.8, 4) is 0 Å². The Balaban J connectivity index is 2.60. The number of esters is 1. The highest BCUT2D eigenvalue weighted by molar-refractivity contribution is 9.10. The maximum Gasteiger partial charge on any atom is 0.340 e. The fourth-order valence-electron chi connectivity index (χ4n) is 1.89. The molecule has 2 aromatic rings. The van der Waals surface area contributed by atoms with E-state index in [0.717, 1.165) is 20.4 Å². The second-order valence-corrected chi connectivity index (χ2v) is 6.86. The second kappa shape index (κ2) is 4.83. The molecule has 2 aromatic heterocycles. The number of carbonyl (C=O) groups is 1. The fourth-order valence-corrected chi connectivity index (χ4v) is 3.50. The Morgan fingerprint density at radius 3 is 2.53 bits per heavy atom. The summed E-state index contributed by atoms with van der Waals surface area (Å²) in [7, 11) is 0. The topological polar surface area (TPSA) is 52.1 Å². The number of nitrogens with zero attached hydrogens (tertiary/aromatic N) is 2. The minimum Gasteiger partial charge on any atom is -0.456 e. The van der Waals surface area contributed by atoms with E-state index in [1.54, 1.807) is 0 Å². The SMILES string of the molecule is Cc1nc2snc(Br)c2c(C)c1C(=O)OC(C)(C)C. The van der Waals surface area contributed by atoms with Crippen molar-refractivity contribution in [3.05, 3.63) is 21.4 Å². The number of ether oxygens (including phenoxy) is 1. The largest absolute Gasteiger partial charge is 0.456 e. The Morgan fingerprint density at radius 2 is 1.95 bits per heavy atom. The van der Waals surface area contributed by atoms with Gasteiger partial charge in [-0.3, -0.25) is 0 Å². The summed E-state index contributed by atoms with van der Waals surface area (Å²) < 4.78 is 10.4. The van der Waals surface area contributed by atoms with Gasteiger partial charge in [0.2, 0.25) is 0 Å². The Bertz CT molecular complexity index is 659. The summed E-state index contributed by atoms with van der Waals surface area (Å²) >= 11 is 4.71. The number of hydrogen-bond acceptors (Lipinski definition) is 5. The van der Waals surface area contributed by atoms with Gasteiger partial charge in [0, 0.05) is 5.39 Å². The summed E-state index contributed by atoms with van der Waals surface area (Å²) in [5, 5.41) is 0.886. The van der Waals surface area contributed by atoms with E-state index in [1.807, 2.05) is 34.6 Å². The molecular formula is C13H15BrN2O2S. The van der Waals surface area contributed by atoms with Crippen LogP contribution in [0, 0.1) is 13.8 Å². The average molecular weight is 343 g/mol. The monoisotopic (exact) mass is 342 g/mol. The van der Waals surface area contributed by atoms with Crippen LogP contribution in [0.15, 0.2) is 4.60 Å². The minimum atomic E-state index is -0.519. The van der Waals surface area contributed by atoms with Crippen molar-refractivity contribution in [2.24, 2.45) is 0 Å². The third-order valence-corrected chi connectivity index (χ3v) is 4.17. The second-order valence-electron chi connectivity index (χ2n) is 5.35. The zero-order valence-corrected chi connectivity index (χ0v) is 13.9. The van der Waals surface area contributed by atoms with E-state index in [9.17, 15) is 4.79 Å². The molecule has 4 nitrogen and oxygen atoms in total. The number of aromatic nitrogens is 2. The normalized spacial score (nSPS) is 11.9. The maximum atomic E-state index is 12.3. The molecule has 0 unspecified atom stereocenters. The summed E-state index contributed by atoms with van der Waals surface area (Å²) in [6, 6.07) is 0. The molecule has 0 aliphatic rings. The van der Waals surface area contributed by atoms with Crippen LogP contribution < -0.4 is 0 Å². The van der Waals surface area contributed by atoms with E-state index in [-0.39, 0.29) is 5.97 Å². The number of fused-ring (bicyclic) bond motifs is 1. The van der Waals surface area contributed by atoms with Gasteiger partial charge in [0.1, 0.15) is 15.0 Å². The van der Waals surface area contributed by atoms with Gasteiger partial charge in [0.15, 0.2) is 0 Å². The van der Waals surface area contributed by atoms with Crippen LogP contribution in [0.25, 0.3) is 10.2 Å². The zero-order valence-electron chi connectivity index (χ0n) is 11.5. The lowest BCUT2D eigenvalue weighted by atomic mass is 10.1. The summed E-state index contributed by atoms with van der Waals surface area (Å²) in [6.07, 6.45) is 0. The van der Waals surface area contributed by atoms with Crippen LogP contribution in [0.3, 0.4) is 0 Å². The first-order valence-corrected chi connectivity index (χ1v) is 7.43. The maximum absolute atomic E-state index is 12.3. The minimum absolute atomic E-state index is 0.338. The summed E-state index contributed by atoms with van der Waals surface area (Å²) in [5.74, 6) is -0.338. The Kier molecular flexibility index (Phi) is 3.66. The van der Waals surface area contributed by atoms with Gasteiger partial charge in [0.25, 0.3) is 0 Å². The number of halogens is 1. The molecule has 0 fully saturated rings. The molecule has 102 valence electrons.